The lowest BCUT2D eigenvalue weighted by atomic mass is 10.0. The molecule has 0 saturated heterocycles. The van der Waals surface area contributed by atoms with Crippen molar-refractivity contribution in [2.75, 3.05) is 0 Å². The third-order valence-corrected chi connectivity index (χ3v) is 5.10. The largest absolute Gasteiger partial charge is 0.486 e. The lowest BCUT2D eigenvalue weighted by Gasteiger charge is -2.21. The predicted octanol–water partition coefficient (Wildman–Crippen LogP) is 5.79. The van der Waals surface area contributed by atoms with E-state index in [1.807, 2.05) is 6.92 Å². The van der Waals surface area contributed by atoms with Crippen LogP contribution >= 0.6 is 0 Å². The molecule has 1 atom stereocenters. The summed E-state index contributed by atoms with van der Waals surface area (Å²) in [6.07, 6.45) is 6.52. The Kier molecular flexibility index (Phi) is 9.52. The Morgan fingerprint density at radius 1 is 0.815 bits per heavy atom. The minimum Gasteiger partial charge on any atom is -0.486 e. The van der Waals surface area contributed by atoms with Gasteiger partial charge in [-0.15, -0.1) is 0 Å². The smallest absolute Gasteiger partial charge is 0.301 e. The summed E-state index contributed by atoms with van der Waals surface area (Å²) in [5.41, 5.74) is 0. The van der Waals surface area contributed by atoms with Crippen molar-refractivity contribution < 1.29 is 35.3 Å². The summed E-state index contributed by atoms with van der Waals surface area (Å²) in [5, 5.41) is 0. The molecule has 0 fully saturated rings. The van der Waals surface area contributed by atoms with Gasteiger partial charge in [-0.1, -0.05) is 52.4 Å². The highest BCUT2D eigenvalue weighted by Crippen LogP contribution is 2.35. The molecule has 4 nitrogen and oxygen atoms in total. The Morgan fingerprint density at radius 2 is 1.37 bits per heavy atom. The Morgan fingerprint density at radius 3 is 1.93 bits per heavy atom. The Labute approximate surface area is 157 Å². The average Bonchev–Trinajstić information content (AvgIpc) is 2.59. The Balaban J connectivity index is 3.04. The highest BCUT2D eigenvalue weighted by molar-refractivity contribution is 7.86. The number of rotatable bonds is 12. The summed E-state index contributed by atoms with van der Waals surface area (Å²) < 4.78 is 91.9. The second-order valence-corrected chi connectivity index (χ2v) is 7.83. The molecule has 0 aliphatic carbocycles. The van der Waals surface area contributed by atoms with Gasteiger partial charge in [0.1, 0.15) is 0 Å². The van der Waals surface area contributed by atoms with Crippen LogP contribution in [0.1, 0.15) is 71.6 Å². The standard InChI is InChI=1S/C18H26F4O4S/c1-3-5-6-7-8-9-11-12(10-4-2)26-17-15(21)13(19)14(20)16(22)18(17)27(23,24)25/h12H,3-11H2,1-2H3,(H,23,24,25). The topological polar surface area (TPSA) is 63.6 Å². The van der Waals surface area contributed by atoms with Crippen molar-refractivity contribution in [3.63, 3.8) is 0 Å². The van der Waals surface area contributed by atoms with Gasteiger partial charge in [-0.05, 0) is 19.3 Å². The summed E-state index contributed by atoms with van der Waals surface area (Å²) in [7, 11) is -5.37. The van der Waals surface area contributed by atoms with Crippen LogP contribution in [-0.2, 0) is 10.1 Å². The van der Waals surface area contributed by atoms with Crippen molar-refractivity contribution in [3.8, 4) is 5.75 Å². The quantitative estimate of drug-likeness (QED) is 0.155. The van der Waals surface area contributed by atoms with E-state index in [1.165, 1.54) is 0 Å². The molecule has 1 aromatic carbocycles. The van der Waals surface area contributed by atoms with Gasteiger partial charge in [0.2, 0.25) is 11.6 Å². The van der Waals surface area contributed by atoms with E-state index in [0.29, 0.717) is 25.7 Å². The molecule has 1 aromatic rings. The van der Waals surface area contributed by atoms with E-state index in [0.717, 1.165) is 32.1 Å². The lowest BCUT2D eigenvalue weighted by Crippen LogP contribution is -2.21. The van der Waals surface area contributed by atoms with Gasteiger partial charge in [0, 0.05) is 0 Å². The fourth-order valence-corrected chi connectivity index (χ4v) is 3.52. The summed E-state index contributed by atoms with van der Waals surface area (Å²) in [4.78, 5) is -1.72. The molecule has 0 aromatic heterocycles. The van der Waals surface area contributed by atoms with E-state index in [9.17, 15) is 26.0 Å². The third-order valence-electron chi connectivity index (χ3n) is 4.22. The number of ether oxygens (including phenoxy) is 1. The molecule has 9 heteroatoms. The molecule has 0 amide bonds. The molecule has 1 unspecified atom stereocenters. The third kappa shape index (κ3) is 6.64. The van der Waals surface area contributed by atoms with Crippen LogP contribution in [0.3, 0.4) is 0 Å². The molecule has 1 N–H and O–H groups in total. The molecule has 0 heterocycles. The minimum atomic E-state index is -5.37. The van der Waals surface area contributed by atoms with Gasteiger partial charge in [0.25, 0.3) is 0 Å². The fourth-order valence-electron chi connectivity index (χ4n) is 2.83. The van der Waals surface area contributed by atoms with E-state index < -0.39 is 50.1 Å². The molecule has 1 rings (SSSR count). The van der Waals surface area contributed by atoms with E-state index in [4.69, 9.17) is 9.29 Å². The van der Waals surface area contributed by atoms with Crippen LogP contribution < -0.4 is 4.74 Å². The van der Waals surface area contributed by atoms with Crippen molar-refractivity contribution in [2.24, 2.45) is 0 Å². The second-order valence-electron chi connectivity index (χ2n) is 6.47. The maximum Gasteiger partial charge on any atom is 0.301 e. The fraction of sp³-hybridized carbons (Fsp3) is 0.667. The first kappa shape index (κ1) is 23.7. The summed E-state index contributed by atoms with van der Waals surface area (Å²) in [6, 6.07) is 0. The van der Waals surface area contributed by atoms with Crippen LogP contribution in [0.4, 0.5) is 17.6 Å². The SMILES string of the molecule is CCCCCCCCC(CCC)Oc1c(F)c(F)c(F)c(F)c1S(=O)(=O)O. The van der Waals surface area contributed by atoms with Crippen molar-refractivity contribution in [2.45, 2.75) is 82.6 Å². The molecule has 0 aliphatic rings. The summed E-state index contributed by atoms with van der Waals surface area (Å²) >= 11 is 0. The summed E-state index contributed by atoms with van der Waals surface area (Å²) in [6.45, 7) is 3.90. The molecule has 0 aliphatic heterocycles. The molecular weight excluding hydrogens is 388 g/mol. The Bertz CT molecular complexity index is 723. The van der Waals surface area contributed by atoms with Crippen LogP contribution in [0.15, 0.2) is 4.90 Å². The number of hydrogen-bond donors (Lipinski definition) is 1. The zero-order valence-electron chi connectivity index (χ0n) is 15.5. The summed E-state index contributed by atoms with van der Waals surface area (Å²) in [5.74, 6) is -10.0. The van der Waals surface area contributed by atoms with Crippen molar-refractivity contribution in [1.82, 2.24) is 0 Å². The monoisotopic (exact) mass is 414 g/mol. The zero-order valence-corrected chi connectivity index (χ0v) is 16.3. The first-order chi connectivity index (χ1) is 12.6. The van der Waals surface area contributed by atoms with Crippen LogP contribution in [0.5, 0.6) is 5.75 Å². The second kappa shape index (κ2) is 10.8. The van der Waals surface area contributed by atoms with Crippen molar-refractivity contribution in [3.05, 3.63) is 23.3 Å². The minimum absolute atomic E-state index is 0.375. The van der Waals surface area contributed by atoms with Gasteiger partial charge < -0.3 is 4.74 Å². The number of halogens is 4. The van der Waals surface area contributed by atoms with Crippen LogP contribution in [0, 0.1) is 23.3 Å². The van der Waals surface area contributed by atoms with E-state index in [-0.39, 0.29) is 0 Å². The molecule has 0 radical (unpaired) electrons. The van der Waals surface area contributed by atoms with Crippen molar-refractivity contribution in [1.29, 1.82) is 0 Å². The average molecular weight is 414 g/mol. The van der Waals surface area contributed by atoms with Gasteiger partial charge in [-0.2, -0.15) is 12.8 Å². The van der Waals surface area contributed by atoms with Crippen molar-refractivity contribution >= 4 is 10.1 Å². The molecular formula is C18H26F4O4S. The molecule has 0 saturated carbocycles. The van der Waals surface area contributed by atoms with Crippen LogP contribution in [0.2, 0.25) is 0 Å². The maximum absolute atomic E-state index is 14.1. The normalized spacial score (nSPS) is 13.0. The Hall–Kier alpha value is -1.35. The highest BCUT2D eigenvalue weighted by atomic mass is 32.2. The van der Waals surface area contributed by atoms with Gasteiger partial charge in [0.15, 0.2) is 22.3 Å². The molecule has 0 bridgehead atoms. The van der Waals surface area contributed by atoms with Gasteiger partial charge >= 0.3 is 10.1 Å². The number of benzene rings is 1. The van der Waals surface area contributed by atoms with Crippen LogP contribution in [-0.4, -0.2) is 19.1 Å². The molecule has 0 spiro atoms. The van der Waals surface area contributed by atoms with Gasteiger partial charge in [-0.25, -0.2) is 13.2 Å². The van der Waals surface area contributed by atoms with Crippen LogP contribution in [0.25, 0.3) is 0 Å². The lowest BCUT2D eigenvalue weighted by molar-refractivity contribution is 0.157. The van der Waals surface area contributed by atoms with E-state index in [2.05, 4.69) is 6.92 Å². The molecule has 27 heavy (non-hydrogen) atoms. The first-order valence-electron chi connectivity index (χ1n) is 9.15. The number of hydrogen-bond acceptors (Lipinski definition) is 3. The van der Waals surface area contributed by atoms with Gasteiger partial charge in [0.05, 0.1) is 6.10 Å². The number of unbranched alkanes of at least 4 members (excludes halogenated alkanes) is 5. The highest BCUT2D eigenvalue weighted by Gasteiger charge is 2.34. The zero-order chi connectivity index (χ0) is 20.6. The van der Waals surface area contributed by atoms with E-state index >= 15 is 0 Å². The first-order valence-corrected chi connectivity index (χ1v) is 10.6. The predicted molar refractivity (Wildman–Crippen MR) is 93.4 cm³/mol. The molecule has 156 valence electrons. The van der Waals surface area contributed by atoms with E-state index in [1.54, 1.807) is 0 Å². The maximum atomic E-state index is 14.1. The van der Waals surface area contributed by atoms with Gasteiger partial charge in [-0.3, -0.25) is 4.55 Å².